The van der Waals surface area contributed by atoms with Crippen LogP contribution in [0, 0.1) is 0 Å². The SMILES string of the molecule is CN(Cc1cccc(Cl)c1Cl)C(=O)NCCC(=O)N1CCCCC1. The first-order chi connectivity index (χ1) is 11.5. The number of carbonyl (C=O) groups excluding carboxylic acids is 2. The van der Waals surface area contributed by atoms with E-state index < -0.39 is 0 Å². The number of amides is 3. The van der Waals surface area contributed by atoms with E-state index in [4.69, 9.17) is 23.2 Å². The highest BCUT2D eigenvalue weighted by Gasteiger charge is 2.17. The highest BCUT2D eigenvalue weighted by Crippen LogP contribution is 2.26. The Hall–Kier alpha value is -1.46. The predicted octanol–water partition coefficient (Wildman–Crippen LogP) is 3.54. The van der Waals surface area contributed by atoms with Gasteiger partial charge >= 0.3 is 6.03 Å². The molecule has 0 spiro atoms. The number of likely N-dealkylation sites (tertiary alicyclic amines) is 1. The van der Waals surface area contributed by atoms with Gasteiger partial charge in [0.25, 0.3) is 0 Å². The molecule has 1 aliphatic heterocycles. The maximum Gasteiger partial charge on any atom is 0.317 e. The summed E-state index contributed by atoms with van der Waals surface area (Å²) in [7, 11) is 1.68. The van der Waals surface area contributed by atoms with Crippen molar-refractivity contribution in [2.24, 2.45) is 0 Å². The van der Waals surface area contributed by atoms with E-state index in [1.54, 1.807) is 19.2 Å². The van der Waals surface area contributed by atoms with Gasteiger partial charge in [-0.15, -0.1) is 0 Å². The fourth-order valence-corrected chi connectivity index (χ4v) is 3.09. The van der Waals surface area contributed by atoms with Gasteiger partial charge in [-0.3, -0.25) is 4.79 Å². The van der Waals surface area contributed by atoms with Crippen molar-refractivity contribution in [1.82, 2.24) is 15.1 Å². The van der Waals surface area contributed by atoms with E-state index in [-0.39, 0.29) is 11.9 Å². The number of nitrogens with one attached hydrogen (secondary N) is 1. The molecule has 2 rings (SSSR count). The Labute approximate surface area is 152 Å². The lowest BCUT2D eigenvalue weighted by Crippen LogP contribution is -2.40. The van der Waals surface area contributed by atoms with Crippen LogP contribution >= 0.6 is 23.2 Å². The number of hydrogen-bond donors (Lipinski definition) is 1. The van der Waals surface area contributed by atoms with E-state index in [0.717, 1.165) is 31.5 Å². The summed E-state index contributed by atoms with van der Waals surface area (Å²) < 4.78 is 0. The van der Waals surface area contributed by atoms with Crippen LogP contribution in [0.15, 0.2) is 18.2 Å². The quantitative estimate of drug-likeness (QED) is 0.860. The van der Waals surface area contributed by atoms with Gasteiger partial charge in [0.05, 0.1) is 10.0 Å². The normalized spacial score (nSPS) is 14.4. The van der Waals surface area contributed by atoms with Crippen LogP contribution in [-0.4, -0.2) is 48.4 Å². The molecule has 0 radical (unpaired) electrons. The van der Waals surface area contributed by atoms with Gasteiger partial charge in [0, 0.05) is 39.6 Å². The molecule has 5 nitrogen and oxygen atoms in total. The fraction of sp³-hybridized carbons (Fsp3) is 0.529. The Kier molecular flexibility index (Phi) is 7.18. The molecule has 0 bridgehead atoms. The van der Waals surface area contributed by atoms with Crippen molar-refractivity contribution in [2.45, 2.75) is 32.2 Å². The number of benzene rings is 1. The van der Waals surface area contributed by atoms with Gasteiger partial charge in [-0.2, -0.15) is 0 Å². The van der Waals surface area contributed by atoms with Crippen LogP contribution in [0.5, 0.6) is 0 Å². The molecule has 1 N–H and O–H groups in total. The Balaban J connectivity index is 1.75. The Morgan fingerprint density at radius 3 is 2.62 bits per heavy atom. The maximum absolute atomic E-state index is 12.1. The summed E-state index contributed by atoms with van der Waals surface area (Å²) in [5.41, 5.74) is 0.784. The first-order valence-electron chi connectivity index (χ1n) is 8.18. The molecule has 1 fully saturated rings. The van der Waals surface area contributed by atoms with E-state index >= 15 is 0 Å². The molecule has 132 valence electrons. The Morgan fingerprint density at radius 2 is 1.92 bits per heavy atom. The van der Waals surface area contributed by atoms with Crippen LogP contribution in [0.3, 0.4) is 0 Å². The second-order valence-corrected chi connectivity index (χ2v) is 6.78. The molecule has 1 saturated heterocycles. The second-order valence-electron chi connectivity index (χ2n) is 5.99. The molecule has 0 saturated carbocycles. The van der Waals surface area contributed by atoms with E-state index in [0.29, 0.717) is 29.6 Å². The van der Waals surface area contributed by atoms with Crippen LogP contribution in [0.4, 0.5) is 4.79 Å². The summed E-state index contributed by atoms with van der Waals surface area (Å²) in [6.45, 7) is 2.35. The molecule has 1 aromatic rings. The smallest absolute Gasteiger partial charge is 0.317 e. The van der Waals surface area contributed by atoms with Crippen LogP contribution in [0.1, 0.15) is 31.2 Å². The third-order valence-corrected chi connectivity index (χ3v) is 4.97. The van der Waals surface area contributed by atoms with Crippen molar-refractivity contribution >= 4 is 35.1 Å². The zero-order chi connectivity index (χ0) is 17.5. The van der Waals surface area contributed by atoms with E-state index in [2.05, 4.69) is 5.32 Å². The standard InChI is InChI=1S/C17H23Cl2N3O2/c1-21(12-13-6-5-7-14(18)16(13)19)17(24)20-9-8-15(23)22-10-3-2-4-11-22/h5-7H,2-4,8-12H2,1H3,(H,20,24). The number of piperidine rings is 1. The maximum atomic E-state index is 12.1. The van der Waals surface area contributed by atoms with Crippen LogP contribution < -0.4 is 5.32 Å². The second kappa shape index (κ2) is 9.14. The van der Waals surface area contributed by atoms with Gasteiger partial charge in [0.1, 0.15) is 0 Å². The minimum atomic E-state index is -0.238. The molecule has 0 atom stereocenters. The monoisotopic (exact) mass is 371 g/mol. The predicted molar refractivity (Wildman–Crippen MR) is 96.4 cm³/mol. The number of urea groups is 1. The van der Waals surface area contributed by atoms with E-state index in [9.17, 15) is 9.59 Å². The van der Waals surface area contributed by atoms with Crippen LogP contribution in [0.25, 0.3) is 0 Å². The van der Waals surface area contributed by atoms with E-state index in [1.165, 1.54) is 11.3 Å². The topological polar surface area (TPSA) is 52.7 Å². The summed E-state index contributed by atoms with van der Waals surface area (Å²) in [4.78, 5) is 27.6. The molecule has 1 heterocycles. The van der Waals surface area contributed by atoms with Gasteiger partial charge in [-0.1, -0.05) is 35.3 Å². The average molecular weight is 372 g/mol. The molecule has 3 amide bonds. The third-order valence-electron chi connectivity index (χ3n) is 4.11. The summed E-state index contributed by atoms with van der Waals surface area (Å²) in [5.74, 6) is 0.107. The highest BCUT2D eigenvalue weighted by molar-refractivity contribution is 6.42. The van der Waals surface area contributed by atoms with Gasteiger partial charge in [0.2, 0.25) is 5.91 Å². The van der Waals surface area contributed by atoms with Gasteiger partial charge < -0.3 is 15.1 Å². The molecule has 0 unspecified atom stereocenters. The van der Waals surface area contributed by atoms with Crippen molar-refractivity contribution in [2.75, 3.05) is 26.7 Å². The third kappa shape index (κ3) is 5.28. The summed E-state index contributed by atoms with van der Waals surface area (Å²) >= 11 is 12.1. The summed E-state index contributed by atoms with van der Waals surface area (Å²) in [6.07, 6.45) is 3.66. The molecule has 0 aromatic heterocycles. The fourth-order valence-electron chi connectivity index (χ4n) is 2.71. The van der Waals surface area contributed by atoms with Gasteiger partial charge in [0.15, 0.2) is 0 Å². The number of nitrogens with zero attached hydrogens (tertiary/aromatic N) is 2. The first-order valence-corrected chi connectivity index (χ1v) is 8.94. The molecular weight excluding hydrogens is 349 g/mol. The highest BCUT2D eigenvalue weighted by atomic mass is 35.5. The number of hydrogen-bond acceptors (Lipinski definition) is 2. The lowest BCUT2D eigenvalue weighted by Gasteiger charge is -2.27. The van der Waals surface area contributed by atoms with Gasteiger partial charge in [-0.25, -0.2) is 4.79 Å². The molecule has 7 heteroatoms. The Morgan fingerprint density at radius 1 is 1.21 bits per heavy atom. The van der Waals surface area contributed by atoms with Crippen molar-refractivity contribution in [3.05, 3.63) is 33.8 Å². The molecule has 1 aliphatic rings. The average Bonchev–Trinajstić information content (AvgIpc) is 2.59. The number of carbonyl (C=O) groups is 2. The molecule has 24 heavy (non-hydrogen) atoms. The van der Waals surface area contributed by atoms with Crippen molar-refractivity contribution in [3.8, 4) is 0 Å². The van der Waals surface area contributed by atoms with E-state index in [1.807, 2.05) is 11.0 Å². The molecular formula is C17H23Cl2N3O2. The van der Waals surface area contributed by atoms with Crippen molar-refractivity contribution < 1.29 is 9.59 Å². The molecule has 1 aromatic carbocycles. The molecule has 0 aliphatic carbocycles. The summed E-state index contributed by atoms with van der Waals surface area (Å²) in [6, 6.07) is 5.10. The number of halogens is 2. The van der Waals surface area contributed by atoms with Crippen molar-refractivity contribution in [3.63, 3.8) is 0 Å². The zero-order valence-corrected chi connectivity index (χ0v) is 15.4. The van der Waals surface area contributed by atoms with Crippen LogP contribution in [-0.2, 0) is 11.3 Å². The summed E-state index contributed by atoms with van der Waals surface area (Å²) in [5, 5.41) is 3.70. The minimum absolute atomic E-state index is 0.107. The first kappa shape index (κ1) is 18.9. The minimum Gasteiger partial charge on any atom is -0.343 e. The van der Waals surface area contributed by atoms with Crippen LogP contribution in [0.2, 0.25) is 10.0 Å². The van der Waals surface area contributed by atoms with Crippen molar-refractivity contribution in [1.29, 1.82) is 0 Å². The largest absolute Gasteiger partial charge is 0.343 e. The zero-order valence-electron chi connectivity index (χ0n) is 13.9. The van der Waals surface area contributed by atoms with Gasteiger partial charge in [-0.05, 0) is 30.9 Å². The lowest BCUT2D eigenvalue weighted by molar-refractivity contribution is -0.131. The number of rotatable bonds is 5. The Bertz CT molecular complexity index is 589. The lowest BCUT2D eigenvalue weighted by atomic mass is 10.1.